The normalized spacial score (nSPS) is 13.2. The zero-order valence-corrected chi connectivity index (χ0v) is 12.7. The molecule has 1 heterocycles. The van der Waals surface area contributed by atoms with Crippen LogP contribution in [0.5, 0.6) is 0 Å². The Morgan fingerprint density at radius 3 is 3.00 bits per heavy atom. The van der Waals surface area contributed by atoms with Gasteiger partial charge < -0.3 is 15.7 Å². The molecule has 3 N–H and O–H groups in total. The molecular weight excluding hydrogens is 312 g/mol. The summed E-state index contributed by atoms with van der Waals surface area (Å²) in [7, 11) is 0. The average molecular weight is 326 g/mol. The number of anilines is 1. The van der Waals surface area contributed by atoms with Gasteiger partial charge in [-0.05, 0) is 18.2 Å². The van der Waals surface area contributed by atoms with E-state index >= 15 is 0 Å². The highest BCUT2D eigenvalue weighted by Crippen LogP contribution is 2.31. The van der Waals surface area contributed by atoms with Crippen molar-refractivity contribution in [2.24, 2.45) is 0 Å². The van der Waals surface area contributed by atoms with Crippen molar-refractivity contribution in [1.82, 2.24) is 5.32 Å². The number of hydrogen-bond donors (Lipinski definition) is 3. The number of rotatable bonds is 6. The van der Waals surface area contributed by atoms with Crippen LogP contribution in [0.3, 0.4) is 0 Å². The Kier molecular flexibility index (Phi) is 5.51. The van der Waals surface area contributed by atoms with Crippen molar-refractivity contribution in [3.63, 3.8) is 0 Å². The fourth-order valence-corrected chi connectivity index (χ4v) is 3.08. The van der Waals surface area contributed by atoms with Crippen molar-refractivity contribution in [3.05, 3.63) is 23.8 Å². The van der Waals surface area contributed by atoms with Gasteiger partial charge >= 0.3 is 5.97 Å². The molecule has 1 aromatic rings. The standard InChI is InChI=1S/C13H14N2O4S2/c16-11-6-21-10-2-1-8(5-9(10)15-11)13(19)14-3-4-20-7-12(17)18/h1-2,5H,3-4,6-7H2,(H,14,19)(H,15,16)(H,17,18). The number of carboxylic acids is 1. The number of nitrogens with one attached hydrogen (secondary N) is 2. The van der Waals surface area contributed by atoms with E-state index in [1.807, 2.05) is 6.07 Å². The van der Waals surface area contributed by atoms with Gasteiger partial charge in [-0.3, -0.25) is 14.4 Å². The van der Waals surface area contributed by atoms with Crippen LogP contribution in [0.25, 0.3) is 0 Å². The van der Waals surface area contributed by atoms with Gasteiger partial charge in [-0.25, -0.2) is 0 Å². The van der Waals surface area contributed by atoms with Gasteiger partial charge in [0.25, 0.3) is 5.91 Å². The minimum absolute atomic E-state index is 0.0258. The number of carbonyl (C=O) groups excluding carboxylic acids is 2. The van der Waals surface area contributed by atoms with Crippen LogP contribution >= 0.6 is 23.5 Å². The molecule has 6 nitrogen and oxygen atoms in total. The van der Waals surface area contributed by atoms with Crippen molar-refractivity contribution in [2.45, 2.75) is 4.90 Å². The van der Waals surface area contributed by atoms with Crippen molar-refractivity contribution >= 4 is 47.0 Å². The second-order valence-corrected chi connectivity index (χ2v) is 6.37. The maximum Gasteiger partial charge on any atom is 0.313 e. The Labute approximate surface area is 130 Å². The summed E-state index contributed by atoms with van der Waals surface area (Å²) in [5, 5.41) is 13.9. The zero-order valence-electron chi connectivity index (χ0n) is 11.0. The van der Waals surface area contributed by atoms with Crippen molar-refractivity contribution in [3.8, 4) is 0 Å². The van der Waals surface area contributed by atoms with Crippen LogP contribution in [0.1, 0.15) is 10.4 Å². The summed E-state index contributed by atoms with van der Waals surface area (Å²) in [4.78, 5) is 34.6. The number of fused-ring (bicyclic) bond motifs is 1. The van der Waals surface area contributed by atoms with E-state index in [4.69, 9.17) is 5.11 Å². The maximum absolute atomic E-state index is 12.0. The molecule has 21 heavy (non-hydrogen) atoms. The molecule has 0 saturated carbocycles. The molecule has 0 atom stereocenters. The minimum atomic E-state index is -0.866. The topological polar surface area (TPSA) is 95.5 Å². The third-order valence-corrected chi connectivity index (χ3v) is 4.65. The first-order valence-corrected chi connectivity index (χ1v) is 8.35. The van der Waals surface area contributed by atoms with E-state index in [9.17, 15) is 14.4 Å². The molecule has 112 valence electrons. The predicted octanol–water partition coefficient (Wildman–Crippen LogP) is 1.28. The second kappa shape index (κ2) is 7.37. The first-order valence-electron chi connectivity index (χ1n) is 6.20. The highest BCUT2D eigenvalue weighted by Gasteiger charge is 2.17. The molecule has 0 unspecified atom stereocenters. The van der Waals surface area contributed by atoms with Crippen molar-refractivity contribution < 1.29 is 19.5 Å². The minimum Gasteiger partial charge on any atom is -0.481 e. The fraction of sp³-hybridized carbons (Fsp3) is 0.308. The van der Waals surface area contributed by atoms with Gasteiger partial charge in [0.15, 0.2) is 0 Å². The lowest BCUT2D eigenvalue weighted by atomic mass is 10.2. The van der Waals surface area contributed by atoms with Gasteiger partial charge in [0.05, 0.1) is 17.2 Å². The van der Waals surface area contributed by atoms with Gasteiger partial charge in [0.2, 0.25) is 5.91 Å². The summed E-state index contributed by atoms with van der Waals surface area (Å²) in [6, 6.07) is 5.18. The van der Waals surface area contributed by atoms with Crippen LogP contribution < -0.4 is 10.6 Å². The quantitative estimate of drug-likeness (QED) is 0.682. The van der Waals surface area contributed by atoms with Crippen LogP contribution in [0.2, 0.25) is 0 Å². The number of carbonyl (C=O) groups is 3. The maximum atomic E-state index is 12.0. The van der Waals surface area contributed by atoms with E-state index in [2.05, 4.69) is 10.6 Å². The van der Waals surface area contributed by atoms with E-state index in [1.165, 1.54) is 23.5 Å². The van der Waals surface area contributed by atoms with E-state index in [1.54, 1.807) is 12.1 Å². The number of carboxylic acid groups (broad SMARTS) is 1. The molecule has 0 saturated heterocycles. The van der Waals surface area contributed by atoms with E-state index in [0.717, 1.165) is 4.90 Å². The molecule has 0 radical (unpaired) electrons. The smallest absolute Gasteiger partial charge is 0.313 e. The Balaban J connectivity index is 1.86. The highest BCUT2D eigenvalue weighted by molar-refractivity contribution is 8.00. The van der Waals surface area contributed by atoms with E-state index in [-0.39, 0.29) is 17.6 Å². The molecule has 8 heteroatoms. The Morgan fingerprint density at radius 2 is 2.24 bits per heavy atom. The summed E-state index contributed by atoms with van der Waals surface area (Å²) in [6.07, 6.45) is 0. The number of aliphatic carboxylic acids is 1. The first kappa shape index (κ1) is 15.7. The molecule has 1 aliphatic rings. The van der Waals surface area contributed by atoms with Crippen molar-refractivity contribution in [2.75, 3.05) is 29.1 Å². The predicted molar refractivity (Wildman–Crippen MR) is 83.1 cm³/mol. The SMILES string of the molecule is O=C(O)CSCCNC(=O)c1ccc2c(c1)NC(=O)CS2. The summed E-state index contributed by atoms with van der Waals surface area (Å²) in [5.41, 5.74) is 1.13. The third-order valence-electron chi connectivity index (χ3n) is 2.63. The van der Waals surface area contributed by atoms with E-state index < -0.39 is 5.97 Å². The molecule has 2 amide bonds. The van der Waals surface area contributed by atoms with Gasteiger partial charge in [-0.15, -0.1) is 23.5 Å². The Bertz CT molecular complexity index is 577. The summed E-state index contributed by atoms with van der Waals surface area (Å²) in [5.74, 6) is -0.227. The molecule has 1 aromatic carbocycles. The second-order valence-electron chi connectivity index (χ2n) is 4.25. The third kappa shape index (κ3) is 4.68. The lowest BCUT2D eigenvalue weighted by Gasteiger charge is -2.16. The molecule has 2 rings (SSSR count). The van der Waals surface area contributed by atoms with Crippen LogP contribution in [0.4, 0.5) is 5.69 Å². The van der Waals surface area contributed by atoms with Crippen LogP contribution in [0, 0.1) is 0 Å². The Morgan fingerprint density at radius 1 is 1.43 bits per heavy atom. The van der Waals surface area contributed by atoms with Crippen LogP contribution in [-0.4, -0.2) is 46.7 Å². The molecule has 0 spiro atoms. The highest BCUT2D eigenvalue weighted by atomic mass is 32.2. The van der Waals surface area contributed by atoms with Gasteiger partial charge in [-0.1, -0.05) is 0 Å². The molecule has 0 fully saturated rings. The lowest BCUT2D eigenvalue weighted by Crippen LogP contribution is -2.26. The average Bonchev–Trinajstić information content (AvgIpc) is 2.45. The lowest BCUT2D eigenvalue weighted by molar-refractivity contribution is -0.133. The Hall–Kier alpha value is -1.67. The van der Waals surface area contributed by atoms with Crippen LogP contribution in [-0.2, 0) is 9.59 Å². The number of amides is 2. The number of thioether (sulfide) groups is 2. The molecule has 0 aromatic heterocycles. The fourth-order valence-electron chi connectivity index (χ4n) is 1.72. The number of benzene rings is 1. The molecule has 0 aliphatic carbocycles. The molecule has 0 bridgehead atoms. The largest absolute Gasteiger partial charge is 0.481 e. The number of hydrogen-bond acceptors (Lipinski definition) is 5. The van der Waals surface area contributed by atoms with E-state index in [0.29, 0.717) is 29.3 Å². The zero-order chi connectivity index (χ0) is 15.2. The van der Waals surface area contributed by atoms with Gasteiger partial charge in [0, 0.05) is 22.8 Å². The van der Waals surface area contributed by atoms with Gasteiger partial charge in [0.1, 0.15) is 0 Å². The van der Waals surface area contributed by atoms with Gasteiger partial charge in [-0.2, -0.15) is 0 Å². The summed E-state index contributed by atoms with van der Waals surface area (Å²) >= 11 is 2.69. The summed E-state index contributed by atoms with van der Waals surface area (Å²) < 4.78 is 0. The summed E-state index contributed by atoms with van der Waals surface area (Å²) in [6.45, 7) is 0.398. The molecular formula is C13H14N2O4S2. The first-order chi connectivity index (χ1) is 10.1. The van der Waals surface area contributed by atoms with Crippen LogP contribution in [0.15, 0.2) is 23.1 Å². The monoisotopic (exact) mass is 326 g/mol. The molecule has 1 aliphatic heterocycles. The van der Waals surface area contributed by atoms with Crippen molar-refractivity contribution in [1.29, 1.82) is 0 Å².